The lowest BCUT2D eigenvalue weighted by Gasteiger charge is -2.06. The van der Waals surface area contributed by atoms with E-state index in [1.165, 1.54) is 19.1 Å². The summed E-state index contributed by atoms with van der Waals surface area (Å²) >= 11 is 5.36. The summed E-state index contributed by atoms with van der Waals surface area (Å²) in [7, 11) is 0. The van der Waals surface area contributed by atoms with Crippen LogP contribution in [0.5, 0.6) is 0 Å². The maximum Gasteiger partial charge on any atom is 0.180 e. The molecule has 0 radical (unpaired) electrons. The second kappa shape index (κ2) is 3.75. The van der Waals surface area contributed by atoms with Gasteiger partial charge in [-0.1, -0.05) is 0 Å². The molecule has 0 atom stereocenters. The Morgan fingerprint density at radius 2 is 2.23 bits per heavy atom. The number of carbonyl (C=O) groups is 1. The largest absolute Gasteiger partial charge is 0.398 e. The Labute approximate surface area is 80.5 Å². The standard InChI is InChI=1S/C9H9ClFNO/c1-5-6(11)2-3-7(12)9(5)8(13)4-10/h2-3H,4,12H2,1H3. The predicted molar refractivity (Wildman–Crippen MR) is 50.6 cm³/mol. The zero-order valence-electron chi connectivity index (χ0n) is 7.10. The molecule has 13 heavy (non-hydrogen) atoms. The molecular formula is C9H9ClFNO. The summed E-state index contributed by atoms with van der Waals surface area (Å²) in [6, 6.07) is 2.60. The number of benzene rings is 1. The number of nitrogens with two attached hydrogens (primary N) is 1. The van der Waals surface area contributed by atoms with Crippen LogP contribution in [-0.2, 0) is 0 Å². The molecule has 0 aromatic heterocycles. The molecule has 70 valence electrons. The van der Waals surface area contributed by atoms with Crippen LogP contribution in [0.1, 0.15) is 15.9 Å². The minimum atomic E-state index is -0.442. The summed E-state index contributed by atoms with van der Waals surface area (Å²) in [5, 5.41) is 0. The number of Topliss-reactive ketones (excluding diaryl/α,β-unsaturated/α-hetero) is 1. The van der Waals surface area contributed by atoms with E-state index in [2.05, 4.69) is 0 Å². The number of halogens is 2. The molecule has 2 nitrogen and oxygen atoms in total. The third-order valence-electron chi connectivity index (χ3n) is 1.83. The lowest BCUT2D eigenvalue weighted by Crippen LogP contribution is -2.08. The fraction of sp³-hybridized carbons (Fsp3) is 0.222. The molecule has 0 heterocycles. The van der Waals surface area contributed by atoms with E-state index in [0.29, 0.717) is 0 Å². The number of nitrogen functional groups attached to an aromatic ring is 1. The highest BCUT2D eigenvalue weighted by atomic mass is 35.5. The van der Waals surface area contributed by atoms with Crippen LogP contribution >= 0.6 is 11.6 Å². The number of alkyl halides is 1. The minimum Gasteiger partial charge on any atom is -0.398 e. The summed E-state index contributed by atoms with van der Waals surface area (Å²) in [6.45, 7) is 1.51. The van der Waals surface area contributed by atoms with Crippen molar-refractivity contribution in [2.45, 2.75) is 6.92 Å². The smallest absolute Gasteiger partial charge is 0.180 e. The first-order valence-corrected chi connectivity index (χ1v) is 4.25. The van der Waals surface area contributed by atoms with Crippen molar-refractivity contribution >= 4 is 23.1 Å². The van der Waals surface area contributed by atoms with E-state index in [9.17, 15) is 9.18 Å². The molecule has 1 rings (SSSR count). The molecule has 0 aliphatic carbocycles. The third-order valence-corrected chi connectivity index (χ3v) is 2.07. The van der Waals surface area contributed by atoms with Crippen molar-refractivity contribution in [2.24, 2.45) is 0 Å². The third kappa shape index (κ3) is 1.80. The monoisotopic (exact) mass is 201 g/mol. The molecule has 0 fully saturated rings. The first-order valence-electron chi connectivity index (χ1n) is 3.71. The highest BCUT2D eigenvalue weighted by molar-refractivity contribution is 6.31. The van der Waals surface area contributed by atoms with Gasteiger partial charge in [0.15, 0.2) is 5.78 Å². The Morgan fingerprint density at radius 3 is 2.77 bits per heavy atom. The summed E-state index contributed by atoms with van der Waals surface area (Å²) in [5.41, 5.74) is 6.23. The molecule has 4 heteroatoms. The highest BCUT2D eigenvalue weighted by Gasteiger charge is 2.14. The molecule has 0 amide bonds. The molecule has 0 spiro atoms. The van der Waals surface area contributed by atoms with E-state index in [0.717, 1.165) is 0 Å². The van der Waals surface area contributed by atoms with Crippen molar-refractivity contribution in [1.29, 1.82) is 0 Å². The van der Waals surface area contributed by atoms with Gasteiger partial charge >= 0.3 is 0 Å². The van der Waals surface area contributed by atoms with Crippen molar-refractivity contribution in [2.75, 3.05) is 11.6 Å². The van der Waals surface area contributed by atoms with Crippen LogP contribution in [0.25, 0.3) is 0 Å². The molecule has 0 saturated heterocycles. The van der Waals surface area contributed by atoms with Crippen LogP contribution in [0.15, 0.2) is 12.1 Å². The number of rotatable bonds is 2. The number of hydrogen-bond acceptors (Lipinski definition) is 2. The van der Waals surface area contributed by atoms with Crippen LogP contribution in [0, 0.1) is 12.7 Å². The second-order valence-electron chi connectivity index (χ2n) is 2.69. The first-order chi connectivity index (χ1) is 6.07. The normalized spacial score (nSPS) is 10.1. The number of anilines is 1. The van der Waals surface area contributed by atoms with Crippen LogP contribution in [0.4, 0.5) is 10.1 Å². The Bertz CT molecular complexity index is 352. The zero-order chi connectivity index (χ0) is 10.0. The predicted octanol–water partition coefficient (Wildman–Crippen LogP) is 2.14. The Balaban J connectivity index is 3.33. The molecule has 0 aliphatic rings. The van der Waals surface area contributed by atoms with E-state index in [1.807, 2.05) is 0 Å². The molecule has 1 aromatic carbocycles. The average molecular weight is 202 g/mol. The van der Waals surface area contributed by atoms with Gasteiger partial charge in [-0.25, -0.2) is 4.39 Å². The van der Waals surface area contributed by atoms with Gasteiger partial charge in [0.1, 0.15) is 5.82 Å². The van der Waals surface area contributed by atoms with Crippen molar-refractivity contribution in [3.63, 3.8) is 0 Å². The molecule has 0 saturated carbocycles. The molecule has 0 bridgehead atoms. The Hall–Kier alpha value is -1.09. The van der Waals surface area contributed by atoms with Crippen molar-refractivity contribution in [3.8, 4) is 0 Å². The van der Waals surface area contributed by atoms with Crippen LogP contribution in [0.2, 0.25) is 0 Å². The number of ketones is 1. The van der Waals surface area contributed by atoms with E-state index >= 15 is 0 Å². The van der Waals surface area contributed by atoms with E-state index in [-0.39, 0.29) is 28.5 Å². The van der Waals surface area contributed by atoms with Gasteiger partial charge in [-0.3, -0.25) is 4.79 Å². The number of carbonyl (C=O) groups excluding carboxylic acids is 1. The van der Waals surface area contributed by atoms with Gasteiger partial charge in [-0.05, 0) is 24.6 Å². The van der Waals surface area contributed by atoms with Crippen molar-refractivity contribution < 1.29 is 9.18 Å². The van der Waals surface area contributed by atoms with E-state index in [1.54, 1.807) is 0 Å². The molecule has 0 unspecified atom stereocenters. The van der Waals surface area contributed by atoms with Crippen molar-refractivity contribution in [1.82, 2.24) is 0 Å². The fourth-order valence-electron chi connectivity index (χ4n) is 1.14. The SMILES string of the molecule is Cc1c(F)ccc(N)c1C(=O)CCl. The second-order valence-corrected chi connectivity index (χ2v) is 2.96. The topological polar surface area (TPSA) is 43.1 Å². The molecular weight excluding hydrogens is 193 g/mol. The summed E-state index contributed by atoms with van der Waals surface area (Å²) in [4.78, 5) is 11.2. The van der Waals surface area contributed by atoms with Gasteiger partial charge in [0.25, 0.3) is 0 Å². The molecule has 0 aliphatic heterocycles. The highest BCUT2D eigenvalue weighted by Crippen LogP contribution is 2.20. The lowest BCUT2D eigenvalue weighted by molar-refractivity contribution is 0.102. The van der Waals surface area contributed by atoms with Gasteiger partial charge < -0.3 is 5.73 Å². The lowest BCUT2D eigenvalue weighted by atomic mass is 10.0. The number of hydrogen-bond donors (Lipinski definition) is 1. The summed E-state index contributed by atoms with van der Waals surface area (Å²) in [6.07, 6.45) is 0. The minimum absolute atomic E-state index is 0.186. The quantitative estimate of drug-likeness (QED) is 0.453. The molecule has 2 N–H and O–H groups in total. The first kappa shape index (κ1) is 9.99. The van der Waals surface area contributed by atoms with Crippen LogP contribution in [-0.4, -0.2) is 11.7 Å². The fourth-order valence-corrected chi connectivity index (χ4v) is 1.28. The maximum atomic E-state index is 13.0. The Kier molecular flexibility index (Phi) is 2.88. The molecule has 1 aromatic rings. The maximum absolute atomic E-state index is 13.0. The van der Waals surface area contributed by atoms with E-state index < -0.39 is 5.82 Å². The average Bonchev–Trinajstić information content (AvgIpc) is 2.12. The Morgan fingerprint density at radius 1 is 1.62 bits per heavy atom. The summed E-state index contributed by atoms with van der Waals surface area (Å²) in [5.74, 6) is -0.979. The van der Waals surface area contributed by atoms with Crippen LogP contribution < -0.4 is 5.73 Å². The van der Waals surface area contributed by atoms with Gasteiger partial charge in [-0.2, -0.15) is 0 Å². The van der Waals surface area contributed by atoms with Crippen LogP contribution in [0.3, 0.4) is 0 Å². The van der Waals surface area contributed by atoms with Gasteiger partial charge in [0.2, 0.25) is 0 Å². The van der Waals surface area contributed by atoms with E-state index in [4.69, 9.17) is 17.3 Å². The van der Waals surface area contributed by atoms with Gasteiger partial charge in [0, 0.05) is 11.3 Å². The summed E-state index contributed by atoms with van der Waals surface area (Å²) < 4.78 is 13.0. The zero-order valence-corrected chi connectivity index (χ0v) is 7.86. The van der Waals surface area contributed by atoms with Crippen molar-refractivity contribution in [3.05, 3.63) is 29.1 Å². The van der Waals surface area contributed by atoms with Gasteiger partial charge in [0.05, 0.1) is 5.88 Å². The van der Waals surface area contributed by atoms with Gasteiger partial charge in [-0.15, -0.1) is 11.6 Å².